The van der Waals surface area contributed by atoms with Gasteiger partial charge in [-0.15, -0.1) is 0 Å². The molecule has 4 heterocycles. The van der Waals surface area contributed by atoms with Crippen LogP contribution in [0.2, 0.25) is 0 Å². The fraction of sp³-hybridized carbons (Fsp3) is 0.130. The Hall–Kier alpha value is -4.07. The molecule has 2 N–H and O–H groups in total. The highest BCUT2D eigenvalue weighted by Crippen LogP contribution is 2.29. The Bertz CT molecular complexity index is 1390. The van der Waals surface area contributed by atoms with Gasteiger partial charge in [0.25, 0.3) is 0 Å². The number of nitrogens with zero attached hydrogens (tertiary/aromatic N) is 5. The quantitative estimate of drug-likeness (QED) is 0.442. The second-order valence-corrected chi connectivity index (χ2v) is 7.37. The number of benzene rings is 1. The summed E-state index contributed by atoms with van der Waals surface area (Å²) in [7, 11) is 0. The molecule has 0 fully saturated rings. The minimum absolute atomic E-state index is 0.240. The van der Waals surface area contributed by atoms with E-state index in [9.17, 15) is 4.39 Å². The van der Waals surface area contributed by atoms with Gasteiger partial charge >= 0.3 is 0 Å². The number of anilines is 1. The van der Waals surface area contributed by atoms with Crippen LogP contribution in [0.5, 0.6) is 0 Å². The van der Waals surface area contributed by atoms with E-state index in [1.807, 2.05) is 49.5 Å². The van der Waals surface area contributed by atoms with Crippen LogP contribution in [0.25, 0.3) is 28.3 Å². The third-order valence-corrected chi connectivity index (χ3v) is 5.08. The topological polar surface area (TPSA) is 83.8 Å². The molecule has 8 heteroatoms. The summed E-state index contributed by atoms with van der Waals surface area (Å²) in [5, 5.41) is 7.45. The predicted molar refractivity (Wildman–Crippen MR) is 117 cm³/mol. The molecule has 0 saturated heterocycles. The maximum absolute atomic E-state index is 13.9. The lowest BCUT2D eigenvalue weighted by Gasteiger charge is -2.05. The van der Waals surface area contributed by atoms with Crippen molar-refractivity contribution < 1.29 is 4.39 Å². The van der Waals surface area contributed by atoms with Crippen LogP contribution in [0.1, 0.15) is 17.1 Å². The standard InChI is InChI=1S/C23H20FN7/c1-14-6-8-17(10-18(14)24)25-11-20-29-22(16-7-9-21-26-13-27-31(21)12-16)23(30-20)19-5-3-4-15(2)28-19/h3-10,12-13,25H,11H2,1-2H3,(H,29,30). The second kappa shape index (κ2) is 7.64. The molecule has 7 nitrogen and oxygen atoms in total. The lowest BCUT2D eigenvalue weighted by molar-refractivity contribution is 0.619. The van der Waals surface area contributed by atoms with Gasteiger partial charge in [0, 0.05) is 23.1 Å². The molecule has 5 aromatic rings. The SMILES string of the molecule is Cc1cccc(-c2[nH]c(CNc3ccc(C)c(F)c3)nc2-c2ccc3ncnn3c2)n1. The van der Waals surface area contributed by atoms with Gasteiger partial charge in [-0.3, -0.25) is 4.98 Å². The Morgan fingerprint density at radius 1 is 1.06 bits per heavy atom. The van der Waals surface area contributed by atoms with Crippen molar-refractivity contribution in [2.24, 2.45) is 0 Å². The summed E-state index contributed by atoms with van der Waals surface area (Å²) in [5.74, 6) is 0.476. The summed E-state index contributed by atoms with van der Waals surface area (Å²) in [4.78, 5) is 17.1. The zero-order chi connectivity index (χ0) is 21.4. The Kier molecular flexibility index (Phi) is 4.66. The van der Waals surface area contributed by atoms with E-state index in [1.54, 1.807) is 17.5 Å². The maximum Gasteiger partial charge on any atom is 0.155 e. The Balaban J connectivity index is 1.53. The van der Waals surface area contributed by atoms with Gasteiger partial charge in [0.2, 0.25) is 0 Å². The second-order valence-electron chi connectivity index (χ2n) is 7.37. The number of rotatable bonds is 5. The van der Waals surface area contributed by atoms with E-state index in [-0.39, 0.29) is 5.82 Å². The summed E-state index contributed by atoms with van der Waals surface area (Å²) in [6.07, 6.45) is 3.41. The molecule has 0 aliphatic heterocycles. The molecule has 0 aliphatic rings. The molecular formula is C23H20FN7. The van der Waals surface area contributed by atoms with Crippen molar-refractivity contribution in [1.82, 2.24) is 29.5 Å². The van der Waals surface area contributed by atoms with Crippen molar-refractivity contribution in [3.63, 3.8) is 0 Å². The van der Waals surface area contributed by atoms with E-state index in [1.165, 1.54) is 12.4 Å². The van der Waals surface area contributed by atoms with Crippen LogP contribution in [-0.4, -0.2) is 29.5 Å². The Morgan fingerprint density at radius 3 is 2.81 bits per heavy atom. The molecule has 5 rings (SSSR count). The molecule has 0 amide bonds. The van der Waals surface area contributed by atoms with E-state index in [4.69, 9.17) is 4.98 Å². The molecule has 0 unspecified atom stereocenters. The van der Waals surface area contributed by atoms with Crippen molar-refractivity contribution in [3.8, 4) is 22.6 Å². The van der Waals surface area contributed by atoms with Crippen molar-refractivity contribution in [2.75, 3.05) is 5.32 Å². The molecule has 0 bridgehead atoms. The normalized spacial score (nSPS) is 11.2. The largest absolute Gasteiger partial charge is 0.378 e. The van der Waals surface area contributed by atoms with Crippen molar-refractivity contribution in [3.05, 3.63) is 84.0 Å². The first-order valence-corrected chi connectivity index (χ1v) is 9.89. The molecule has 154 valence electrons. The van der Waals surface area contributed by atoms with Crippen LogP contribution in [0.15, 0.2) is 61.1 Å². The number of aryl methyl sites for hydroxylation is 2. The third kappa shape index (κ3) is 3.75. The van der Waals surface area contributed by atoms with Gasteiger partial charge in [-0.2, -0.15) is 5.10 Å². The van der Waals surface area contributed by atoms with Crippen LogP contribution in [0.4, 0.5) is 10.1 Å². The smallest absolute Gasteiger partial charge is 0.155 e. The number of pyridine rings is 2. The van der Waals surface area contributed by atoms with Gasteiger partial charge in [0.15, 0.2) is 5.65 Å². The number of halogens is 1. The van der Waals surface area contributed by atoms with Gasteiger partial charge < -0.3 is 10.3 Å². The predicted octanol–water partition coefficient (Wildman–Crippen LogP) is 4.55. The van der Waals surface area contributed by atoms with Gasteiger partial charge in [0.1, 0.15) is 18.0 Å². The maximum atomic E-state index is 13.9. The number of hydrogen-bond donors (Lipinski definition) is 2. The van der Waals surface area contributed by atoms with Crippen LogP contribution >= 0.6 is 0 Å². The van der Waals surface area contributed by atoms with E-state index >= 15 is 0 Å². The fourth-order valence-corrected chi connectivity index (χ4v) is 3.43. The molecule has 1 aromatic carbocycles. The zero-order valence-electron chi connectivity index (χ0n) is 17.1. The molecule has 0 aliphatic carbocycles. The van der Waals surface area contributed by atoms with Gasteiger partial charge in [-0.1, -0.05) is 12.1 Å². The van der Waals surface area contributed by atoms with Crippen molar-refractivity contribution in [2.45, 2.75) is 20.4 Å². The number of imidazole rings is 1. The van der Waals surface area contributed by atoms with Gasteiger partial charge in [-0.05, 0) is 55.8 Å². The highest BCUT2D eigenvalue weighted by molar-refractivity contribution is 5.77. The number of nitrogens with one attached hydrogen (secondary N) is 2. The van der Waals surface area contributed by atoms with Gasteiger partial charge in [-0.25, -0.2) is 18.9 Å². The third-order valence-electron chi connectivity index (χ3n) is 5.08. The number of aromatic amines is 1. The molecule has 0 saturated carbocycles. The summed E-state index contributed by atoms with van der Waals surface area (Å²) in [6.45, 7) is 4.10. The highest BCUT2D eigenvalue weighted by Gasteiger charge is 2.16. The van der Waals surface area contributed by atoms with Gasteiger partial charge in [0.05, 0.1) is 23.6 Å². The average Bonchev–Trinajstić information content (AvgIpc) is 3.41. The Morgan fingerprint density at radius 2 is 1.97 bits per heavy atom. The first-order chi connectivity index (χ1) is 15.1. The van der Waals surface area contributed by atoms with Crippen molar-refractivity contribution in [1.29, 1.82) is 0 Å². The lowest BCUT2D eigenvalue weighted by atomic mass is 10.1. The van der Waals surface area contributed by atoms with Crippen molar-refractivity contribution >= 4 is 11.3 Å². The first kappa shape index (κ1) is 18.9. The zero-order valence-corrected chi connectivity index (χ0v) is 17.1. The van der Waals surface area contributed by atoms with Crippen LogP contribution in [0.3, 0.4) is 0 Å². The summed E-state index contributed by atoms with van der Waals surface area (Å²) >= 11 is 0. The first-order valence-electron chi connectivity index (χ1n) is 9.89. The highest BCUT2D eigenvalue weighted by atomic mass is 19.1. The molecule has 4 aromatic heterocycles. The van der Waals surface area contributed by atoms with E-state index in [0.717, 1.165) is 34.0 Å². The van der Waals surface area contributed by atoms with E-state index < -0.39 is 0 Å². The lowest BCUT2D eigenvalue weighted by Crippen LogP contribution is -2.02. The molecule has 0 spiro atoms. The number of fused-ring (bicyclic) bond motifs is 1. The number of hydrogen-bond acceptors (Lipinski definition) is 5. The van der Waals surface area contributed by atoms with Crippen LogP contribution in [0, 0.1) is 19.7 Å². The fourth-order valence-electron chi connectivity index (χ4n) is 3.43. The van der Waals surface area contributed by atoms with Crippen LogP contribution < -0.4 is 5.32 Å². The van der Waals surface area contributed by atoms with E-state index in [2.05, 4.69) is 25.4 Å². The summed E-state index contributed by atoms with van der Waals surface area (Å²) < 4.78 is 15.6. The average molecular weight is 413 g/mol. The summed E-state index contributed by atoms with van der Waals surface area (Å²) in [5.41, 5.74) is 6.26. The Labute approximate surface area is 178 Å². The minimum Gasteiger partial charge on any atom is -0.378 e. The summed E-state index contributed by atoms with van der Waals surface area (Å²) in [6, 6.07) is 14.8. The molecule has 0 atom stereocenters. The monoisotopic (exact) mass is 413 g/mol. The number of aromatic nitrogens is 6. The molecule has 31 heavy (non-hydrogen) atoms. The minimum atomic E-state index is -0.240. The van der Waals surface area contributed by atoms with E-state index in [0.29, 0.717) is 23.6 Å². The number of H-pyrrole nitrogens is 1. The molecular weight excluding hydrogens is 393 g/mol. The molecule has 0 radical (unpaired) electrons. The van der Waals surface area contributed by atoms with Crippen LogP contribution in [-0.2, 0) is 6.54 Å².